The minimum Gasteiger partial charge on any atom is -0.343 e. The van der Waals surface area contributed by atoms with Crippen LogP contribution in [-0.2, 0) is 13.0 Å². The molecule has 1 aliphatic heterocycles. The maximum atomic E-state index is 13.2. The van der Waals surface area contributed by atoms with Gasteiger partial charge in [0.05, 0.1) is 16.3 Å². The van der Waals surface area contributed by atoms with Crippen molar-refractivity contribution >= 4 is 38.8 Å². The number of aromatic nitrogens is 2. The van der Waals surface area contributed by atoms with Gasteiger partial charge in [0.25, 0.3) is 11.5 Å². The Balaban J connectivity index is 1.74. The van der Waals surface area contributed by atoms with Gasteiger partial charge in [0.1, 0.15) is 10.7 Å². The maximum Gasteiger partial charge on any atom is 0.262 e. The SMILES string of the molecule is Cc1c(C(=O)NC(c2cccs2)C(C)(C)C)sc2nc3n(c(=O)c12)CCCCC3. The molecule has 1 N–H and O–H groups in total. The number of rotatable bonds is 3. The van der Waals surface area contributed by atoms with Crippen molar-refractivity contribution < 1.29 is 4.79 Å². The van der Waals surface area contributed by atoms with Gasteiger partial charge >= 0.3 is 0 Å². The molecular weight excluding hydrogens is 402 g/mol. The first-order valence-electron chi connectivity index (χ1n) is 10.1. The van der Waals surface area contributed by atoms with E-state index in [1.165, 1.54) is 11.3 Å². The van der Waals surface area contributed by atoms with Crippen LogP contribution in [0.3, 0.4) is 0 Å². The molecule has 0 saturated carbocycles. The van der Waals surface area contributed by atoms with Crippen molar-refractivity contribution in [1.29, 1.82) is 0 Å². The number of hydrogen-bond acceptors (Lipinski definition) is 5. The zero-order chi connectivity index (χ0) is 20.8. The molecular formula is C22H27N3O2S2. The monoisotopic (exact) mass is 429 g/mol. The fraction of sp³-hybridized carbons (Fsp3) is 0.500. The summed E-state index contributed by atoms with van der Waals surface area (Å²) >= 11 is 2.99. The third-order valence-corrected chi connectivity index (χ3v) is 7.71. The average Bonchev–Trinajstić information content (AvgIpc) is 3.21. The van der Waals surface area contributed by atoms with Gasteiger partial charge in [-0.1, -0.05) is 33.3 Å². The highest BCUT2D eigenvalue weighted by atomic mass is 32.1. The van der Waals surface area contributed by atoms with Crippen LogP contribution in [0.4, 0.5) is 0 Å². The van der Waals surface area contributed by atoms with E-state index >= 15 is 0 Å². The molecule has 29 heavy (non-hydrogen) atoms. The van der Waals surface area contributed by atoms with Crippen LogP contribution in [0, 0.1) is 12.3 Å². The summed E-state index contributed by atoms with van der Waals surface area (Å²) < 4.78 is 1.82. The Morgan fingerprint density at radius 2 is 2.07 bits per heavy atom. The van der Waals surface area contributed by atoms with Crippen molar-refractivity contribution in [3.8, 4) is 0 Å². The number of amides is 1. The number of carbonyl (C=O) groups is 1. The topological polar surface area (TPSA) is 64.0 Å². The third kappa shape index (κ3) is 3.78. The van der Waals surface area contributed by atoms with Crippen LogP contribution in [0.2, 0.25) is 0 Å². The molecule has 1 aliphatic rings. The molecule has 4 heterocycles. The van der Waals surface area contributed by atoms with Crippen LogP contribution in [0.15, 0.2) is 22.3 Å². The van der Waals surface area contributed by atoms with E-state index in [0.29, 0.717) is 15.1 Å². The average molecular weight is 430 g/mol. The third-order valence-electron chi connectivity index (χ3n) is 5.59. The molecule has 0 aromatic carbocycles. The predicted molar refractivity (Wildman–Crippen MR) is 120 cm³/mol. The van der Waals surface area contributed by atoms with Gasteiger partial charge < -0.3 is 5.32 Å². The summed E-state index contributed by atoms with van der Waals surface area (Å²) in [5.74, 6) is 0.734. The van der Waals surface area contributed by atoms with Crippen LogP contribution in [0.5, 0.6) is 0 Å². The Morgan fingerprint density at radius 1 is 1.28 bits per heavy atom. The van der Waals surface area contributed by atoms with Crippen molar-refractivity contribution in [3.63, 3.8) is 0 Å². The molecule has 1 amide bonds. The molecule has 154 valence electrons. The van der Waals surface area contributed by atoms with E-state index in [2.05, 4.69) is 32.2 Å². The van der Waals surface area contributed by atoms with Crippen LogP contribution in [0.1, 0.15) is 72.0 Å². The molecule has 1 atom stereocenters. The Bertz CT molecular complexity index is 1100. The molecule has 4 rings (SSSR count). The van der Waals surface area contributed by atoms with Gasteiger partial charge in [0.15, 0.2) is 0 Å². The number of thiophene rings is 2. The van der Waals surface area contributed by atoms with Gasteiger partial charge in [-0.15, -0.1) is 22.7 Å². The maximum absolute atomic E-state index is 13.2. The minimum atomic E-state index is -0.126. The van der Waals surface area contributed by atoms with Crippen LogP contribution in [-0.4, -0.2) is 15.5 Å². The van der Waals surface area contributed by atoms with E-state index in [-0.39, 0.29) is 22.9 Å². The molecule has 0 spiro atoms. The van der Waals surface area contributed by atoms with Crippen molar-refractivity contribution in [2.24, 2.45) is 5.41 Å². The summed E-state index contributed by atoms with van der Waals surface area (Å²) in [5.41, 5.74) is 0.629. The zero-order valence-corrected chi connectivity index (χ0v) is 19.0. The standard InChI is InChI=1S/C22H27N3O2S2/c1-13-16-20(23-15-10-6-5-7-11-25(15)21(16)27)29-17(13)19(26)24-18(22(2,3)4)14-9-8-12-28-14/h8-9,12,18H,5-7,10-11H2,1-4H3,(H,24,26). The van der Waals surface area contributed by atoms with E-state index in [1.54, 1.807) is 11.3 Å². The molecule has 0 fully saturated rings. The second-order valence-corrected chi connectivity index (χ2v) is 10.8. The van der Waals surface area contributed by atoms with Crippen LogP contribution in [0.25, 0.3) is 10.2 Å². The number of aryl methyl sites for hydroxylation is 2. The van der Waals surface area contributed by atoms with E-state index < -0.39 is 0 Å². The van der Waals surface area contributed by atoms with E-state index in [9.17, 15) is 9.59 Å². The Labute approximate surface area is 178 Å². The fourth-order valence-electron chi connectivity index (χ4n) is 3.99. The summed E-state index contributed by atoms with van der Waals surface area (Å²) in [5, 5.41) is 5.86. The highest BCUT2D eigenvalue weighted by Gasteiger charge is 2.30. The molecule has 0 bridgehead atoms. The van der Waals surface area contributed by atoms with E-state index in [0.717, 1.165) is 48.5 Å². The Morgan fingerprint density at radius 3 is 2.76 bits per heavy atom. The van der Waals surface area contributed by atoms with E-state index in [1.807, 2.05) is 22.9 Å². The summed E-state index contributed by atoms with van der Waals surface area (Å²) in [4.78, 5) is 33.6. The van der Waals surface area contributed by atoms with Crippen molar-refractivity contribution in [2.45, 2.75) is 66.0 Å². The van der Waals surface area contributed by atoms with Gasteiger partial charge in [-0.3, -0.25) is 14.2 Å². The summed E-state index contributed by atoms with van der Waals surface area (Å²) in [6, 6.07) is 3.97. The van der Waals surface area contributed by atoms with Crippen molar-refractivity contribution in [3.05, 3.63) is 49.0 Å². The van der Waals surface area contributed by atoms with E-state index in [4.69, 9.17) is 4.98 Å². The quantitative estimate of drug-likeness (QED) is 0.632. The summed E-state index contributed by atoms with van der Waals surface area (Å²) in [7, 11) is 0. The lowest BCUT2D eigenvalue weighted by molar-refractivity contribution is 0.0907. The zero-order valence-electron chi connectivity index (χ0n) is 17.4. The second kappa shape index (κ2) is 7.69. The van der Waals surface area contributed by atoms with Crippen molar-refractivity contribution in [2.75, 3.05) is 0 Å². The highest BCUT2D eigenvalue weighted by Crippen LogP contribution is 2.36. The summed E-state index contributed by atoms with van der Waals surface area (Å²) in [6.45, 7) is 8.97. The van der Waals surface area contributed by atoms with Gasteiger partial charge in [-0.05, 0) is 42.2 Å². The number of nitrogens with one attached hydrogen (secondary N) is 1. The molecule has 5 nitrogen and oxygen atoms in total. The first-order chi connectivity index (χ1) is 13.8. The molecule has 3 aromatic rings. The molecule has 7 heteroatoms. The van der Waals surface area contributed by atoms with Crippen LogP contribution < -0.4 is 10.9 Å². The second-order valence-electron chi connectivity index (χ2n) is 8.82. The summed E-state index contributed by atoms with van der Waals surface area (Å²) in [6.07, 6.45) is 4.02. The van der Waals surface area contributed by atoms with Crippen LogP contribution >= 0.6 is 22.7 Å². The number of hydrogen-bond donors (Lipinski definition) is 1. The van der Waals surface area contributed by atoms with Crippen molar-refractivity contribution in [1.82, 2.24) is 14.9 Å². The van der Waals surface area contributed by atoms with Gasteiger partial charge in [0, 0.05) is 17.8 Å². The lowest BCUT2D eigenvalue weighted by Gasteiger charge is -2.30. The van der Waals surface area contributed by atoms with Gasteiger partial charge in [0.2, 0.25) is 0 Å². The largest absolute Gasteiger partial charge is 0.343 e. The molecule has 0 aliphatic carbocycles. The Hall–Kier alpha value is -1.99. The first-order valence-corrected chi connectivity index (χ1v) is 11.8. The molecule has 0 radical (unpaired) electrons. The molecule has 1 unspecified atom stereocenters. The highest BCUT2D eigenvalue weighted by molar-refractivity contribution is 7.20. The molecule has 3 aromatic heterocycles. The number of fused-ring (bicyclic) bond motifs is 2. The number of nitrogens with zero attached hydrogens (tertiary/aromatic N) is 2. The Kier molecular flexibility index (Phi) is 5.38. The lowest BCUT2D eigenvalue weighted by atomic mass is 9.85. The lowest BCUT2D eigenvalue weighted by Crippen LogP contribution is -2.36. The minimum absolute atomic E-state index is 0.00493. The predicted octanol–water partition coefficient (Wildman–Crippen LogP) is 5.07. The fourth-order valence-corrected chi connectivity index (χ4v) is 6.11. The van der Waals surface area contributed by atoms with Gasteiger partial charge in [-0.25, -0.2) is 4.98 Å². The smallest absolute Gasteiger partial charge is 0.262 e. The normalized spacial score (nSPS) is 15.7. The first kappa shape index (κ1) is 20.3. The van der Waals surface area contributed by atoms with Gasteiger partial charge in [-0.2, -0.15) is 0 Å². The number of carbonyl (C=O) groups excluding carboxylic acids is 1. The molecule has 0 saturated heterocycles.